The van der Waals surface area contributed by atoms with Crippen molar-refractivity contribution in [3.05, 3.63) is 268 Å². The Morgan fingerprint density at radius 2 is 0.792 bits per heavy atom. The summed E-state index contributed by atoms with van der Waals surface area (Å²) in [6.45, 7) is 4.10. The first-order valence-electron chi connectivity index (χ1n) is 24.4. The zero-order chi connectivity index (χ0) is 50.4. The van der Waals surface area contributed by atoms with Crippen LogP contribution in [0.15, 0.2) is 229 Å². The first-order valence-corrected chi connectivity index (χ1v) is 25.2. The Hall–Kier alpha value is -8.14. The van der Waals surface area contributed by atoms with Crippen LogP contribution in [0.1, 0.15) is 15.9 Å². The van der Waals surface area contributed by atoms with Crippen LogP contribution in [-0.2, 0) is 42.1 Å². The van der Waals surface area contributed by atoms with Gasteiger partial charge >= 0.3 is 0 Å². The number of benzene rings is 8. The molecule has 0 fully saturated rings. The molecule has 384 valence electrons. The van der Waals surface area contributed by atoms with E-state index < -0.39 is 0 Å². The van der Waals surface area contributed by atoms with Crippen LogP contribution < -0.4 is 9.80 Å². The van der Waals surface area contributed by atoms with Gasteiger partial charge in [-0.3, -0.25) is 18.5 Å². The molecule has 0 atom stereocenters. The summed E-state index contributed by atoms with van der Waals surface area (Å²) in [6, 6.07) is 74.8. The van der Waals surface area contributed by atoms with Crippen molar-refractivity contribution in [1.29, 1.82) is 0 Å². The van der Waals surface area contributed by atoms with E-state index in [1.54, 1.807) is 41.0 Å². The number of carbonyl (C=O) groups is 1. The van der Waals surface area contributed by atoms with Crippen LogP contribution in [0.2, 0.25) is 0 Å². The molecule has 0 unspecified atom stereocenters. The molecule has 2 aliphatic heterocycles. The van der Waals surface area contributed by atoms with Crippen LogP contribution in [0.4, 0.5) is 11.4 Å². The molecule has 2 aliphatic rings. The SMILES string of the molecule is CN1[CH-]N(c2[c-]c(C(=O)c3[c-]c(-n4cccn4)ccc3)ccc2)C=C1n1c2ccccc2c2ccccc21.CN1[CH-]N(c2[c-]c(Sc3[c-]c(-n4cccn4)ccc3)ccc2)C=C1n1c2ccccc2c2ccccc21.[Pt].[Pt]. The van der Waals surface area contributed by atoms with E-state index in [9.17, 15) is 4.79 Å². The van der Waals surface area contributed by atoms with Crippen molar-refractivity contribution in [2.75, 3.05) is 23.9 Å². The van der Waals surface area contributed by atoms with Crippen LogP contribution >= 0.6 is 11.8 Å². The summed E-state index contributed by atoms with van der Waals surface area (Å²) in [6.07, 6.45) is 11.5. The van der Waals surface area contributed by atoms with Gasteiger partial charge in [-0.05, 0) is 61.9 Å². The summed E-state index contributed by atoms with van der Waals surface area (Å²) in [5, 5.41) is 13.5. The number of anilines is 2. The summed E-state index contributed by atoms with van der Waals surface area (Å²) in [5.74, 6) is 1.96. The van der Waals surface area contributed by atoms with E-state index in [1.807, 2.05) is 84.2 Å². The smallest absolute Gasteiger partial charge is 0.0988 e. The molecule has 14 rings (SSSR count). The fourth-order valence-electron chi connectivity index (χ4n) is 9.85. The van der Waals surface area contributed by atoms with Crippen LogP contribution in [0.3, 0.4) is 0 Å². The molecule has 0 aliphatic carbocycles. The van der Waals surface area contributed by atoms with Crippen molar-refractivity contribution in [1.82, 2.24) is 38.5 Å². The second-order valence-corrected chi connectivity index (χ2v) is 19.1. The fourth-order valence-corrected chi connectivity index (χ4v) is 10.7. The number of ketones is 1. The van der Waals surface area contributed by atoms with Crippen LogP contribution in [-0.4, -0.2) is 58.4 Å². The average molecular weight is 1380 g/mol. The molecule has 0 radical (unpaired) electrons. The third-order valence-electron chi connectivity index (χ3n) is 13.3. The molecule has 12 aromatic rings. The van der Waals surface area contributed by atoms with Gasteiger partial charge in [-0.15, -0.1) is 105 Å². The van der Waals surface area contributed by atoms with E-state index in [0.29, 0.717) is 16.8 Å². The normalized spacial score (nSPS) is 13.2. The minimum atomic E-state index is -0.139. The Kier molecular flexibility index (Phi) is 14.5. The number of hydrogen-bond acceptors (Lipinski definition) is 8. The van der Waals surface area contributed by atoms with E-state index >= 15 is 0 Å². The van der Waals surface area contributed by atoms with Gasteiger partial charge < -0.3 is 24.4 Å². The molecule has 11 nitrogen and oxygen atoms in total. The topological polar surface area (TPSA) is 75.5 Å². The van der Waals surface area contributed by atoms with Crippen molar-refractivity contribution in [3.63, 3.8) is 0 Å². The number of hydrogen-bond donors (Lipinski definition) is 0. The zero-order valence-corrected chi connectivity index (χ0v) is 46.7. The third-order valence-corrected chi connectivity index (χ3v) is 14.2. The van der Waals surface area contributed by atoms with Gasteiger partial charge in [0.2, 0.25) is 0 Å². The van der Waals surface area contributed by atoms with Gasteiger partial charge in [0.1, 0.15) is 0 Å². The van der Waals surface area contributed by atoms with E-state index in [0.717, 1.165) is 49.5 Å². The molecule has 0 saturated heterocycles. The maximum Gasteiger partial charge on any atom is 0.0988 e. The predicted octanol–water partition coefficient (Wildman–Crippen LogP) is 13.2. The van der Waals surface area contributed by atoms with Gasteiger partial charge in [-0.2, -0.15) is 53.9 Å². The van der Waals surface area contributed by atoms with E-state index in [1.165, 1.54) is 32.6 Å². The van der Waals surface area contributed by atoms with Crippen molar-refractivity contribution >= 4 is 84.2 Å². The van der Waals surface area contributed by atoms with Crippen molar-refractivity contribution < 1.29 is 46.9 Å². The van der Waals surface area contributed by atoms with E-state index in [-0.39, 0.29) is 47.9 Å². The average Bonchev–Trinajstić information content (AvgIpc) is 4.50. The summed E-state index contributed by atoms with van der Waals surface area (Å²) in [4.78, 5) is 23.8. The van der Waals surface area contributed by atoms with Gasteiger partial charge in [-0.1, -0.05) is 78.5 Å². The van der Waals surface area contributed by atoms with E-state index in [2.05, 4.69) is 206 Å². The molecular formula is C63H44N10OPt2S-6. The van der Waals surface area contributed by atoms with Crippen molar-refractivity contribution in [3.8, 4) is 11.4 Å². The number of fused-ring (bicyclic) bond motifs is 6. The Morgan fingerprint density at radius 1 is 0.429 bits per heavy atom. The quantitative estimate of drug-likeness (QED) is 0.0990. The largest absolute Gasteiger partial charge is 0.498 e. The second kappa shape index (κ2) is 21.8. The Labute approximate surface area is 479 Å². The van der Waals surface area contributed by atoms with Crippen LogP contribution in [0, 0.1) is 37.6 Å². The molecule has 14 heteroatoms. The number of para-hydroxylation sites is 4. The molecule has 6 heterocycles. The fraction of sp³-hybridized carbons (Fsp3) is 0.0317. The third kappa shape index (κ3) is 9.74. The predicted molar refractivity (Wildman–Crippen MR) is 299 cm³/mol. The molecule has 77 heavy (non-hydrogen) atoms. The zero-order valence-electron chi connectivity index (χ0n) is 41.4. The summed E-state index contributed by atoms with van der Waals surface area (Å²) in [5.41, 5.74) is 9.00. The Morgan fingerprint density at radius 3 is 1.22 bits per heavy atom. The molecular weight excluding hydrogens is 1330 g/mol. The summed E-state index contributed by atoms with van der Waals surface area (Å²) < 4.78 is 8.11. The molecule has 0 saturated carbocycles. The number of carbonyl (C=O) groups excluding carboxylic acids is 1. The maximum atomic E-state index is 13.4. The summed E-state index contributed by atoms with van der Waals surface area (Å²) in [7, 11) is 4.11. The molecule has 4 aromatic heterocycles. The van der Waals surface area contributed by atoms with Gasteiger partial charge in [0, 0.05) is 101 Å². The summed E-state index contributed by atoms with van der Waals surface area (Å²) >= 11 is 1.64. The Bertz CT molecular complexity index is 4060. The number of aromatic nitrogens is 6. The van der Waals surface area contributed by atoms with Gasteiger partial charge in [0.15, 0.2) is 0 Å². The minimum Gasteiger partial charge on any atom is -0.498 e. The maximum absolute atomic E-state index is 13.4. The second-order valence-electron chi connectivity index (χ2n) is 18.0. The van der Waals surface area contributed by atoms with Crippen LogP contribution in [0.5, 0.6) is 0 Å². The number of rotatable bonds is 10. The first kappa shape index (κ1) is 51.0. The first-order chi connectivity index (χ1) is 36.9. The molecule has 0 spiro atoms. The molecule has 0 amide bonds. The van der Waals surface area contributed by atoms with Crippen molar-refractivity contribution in [2.24, 2.45) is 0 Å². The Balaban J connectivity index is 0.000000160. The van der Waals surface area contributed by atoms with E-state index in [4.69, 9.17) is 0 Å². The number of nitrogens with zero attached hydrogens (tertiary/aromatic N) is 10. The van der Waals surface area contributed by atoms with Gasteiger partial charge in [0.05, 0.1) is 39.5 Å². The van der Waals surface area contributed by atoms with Gasteiger partial charge in [-0.25, -0.2) is 0 Å². The molecule has 0 N–H and O–H groups in total. The molecule has 0 bridgehead atoms. The van der Waals surface area contributed by atoms with Crippen LogP contribution in [0.25, 0.3) is 66.6 Å². The molecule has 8 aromatic carbocycles. The standard InChI is InChI=1S/C32H22N5O.C31H22N5S.2Pt/c1-34-22-35(21-31(34)37-29-15-4-2-13-27(29)28-14-3-5-16-30(28)37)25-11-6-9-23(19-25)32(38)24-10-7-12-26(20-24)36-18-8-17-33-36;1-33-22-34(21-31(33)36-29-15-4-2-13-27(29)28-14-3-5-16-30(28)36)23-9-6-11-25(19-23)37-26-12-7-10-24(20-26)35-18-8-17-32-35;;/h2-18,21-22H,1H3;2-18,21-22H,1H3;;/q2*-3;;. The monoisotopic (exact) mass is 1380 g/mol. The van der Waals surface area contributed by atoms with Crippen molar-refractivity contribution in [2.45, 2.75) is 9.79 Å². The minimum absolute atomic E-state index is 0. The van der Waals surface area contributed by atoms with Gasteiger partial charge in [0.25, 0.3) is 0 Å².